The molecule has 2 aromatic rings. The second kappa shape index (κ2) is 6.91. The molecule has 0 radical (unpaired) electrons. The SMILES string of the molecule is Cc1cc(-c2nc(CCl)cs2)ccc1COC1CCCC1. The summed E-state index contributed by atoms with van der Waals surface area (Å²) in [5.74, 6) is 0.475. The predicted molar refractivity (Wildman–Crippen MR) is 88.9 cm³/mol. The van der Waals surface area contributed by atoms with Crippen molar-refractivity contribution in [3.63, 3.8) is 0 Å². The summed E-state index contributed by atoms with van der Waals surface area (Å²) in [6.45, 7) is 2.87. The van der Waals surface area contributed by atoms with Gasteiger partial charge in [-0.15, -0.1) is 22.9 Å². The molecule has 0 N–H and O–H groups in total. The number of benzene rings is 1. The molecular formula is C17H20ClNOS. The average Bonchev–Trinajstić information content (AvgIpc) is 3.17. The number of thiazole rings is 1. The Morgan fingerprint density at radius 3 is 2.81 bits per heavy atom. The molecule has 112 valence electrons. The van der Waals surface area contributed by atoms with Gasteiger partial charge in [0.2, 0.25) is 0 Å². The van der Waals surface area contributed by atoms with Gasteiger partial charge in [0.1, 0.15) is 5.01 Å². The van der Waals surface area contributed by atoms with Crippen LogP contribution in [0.1, 0.15) is 42.5 Å². The standard InChI is InChI=1S/C17H20ClNOS/c1-12-8-13(17-19-15(9-18)11-21-17)6-7-14(12)10-20-16-4-2-3-5-16/h6-8,11,16H,2-5,9-10H2,1H3. The number of hydrogen-bond acceptors (Lipinski definition) is 3. The number of alkyl halides is 1. The lowest BCUT2D eigenvalue weighted by molar-refractivity contribution is 0.0454. The molecule has 0 atom stereocenters. The number of hydrogen-bond donors (Lipinski definition) is 0. The minimum Gasteiger partial charge on any atom is -0.374 e. The predicted octanol–water partition coefficient (Wildman–Crippen LogP) is 5.32. The smallest absolute Gasteiger partial charge is 0.123 e. The summed E-state index contributed by atoms with van der Waals surface area (Å²) in [7, 11) is 0. The minimum atomic E-state index is 0.467. The molecule has 1 saturated carbocycles. The monoisotopic (exact) mass is 321 g/mol. The number of aromatic nitrogens is 1. The van der Waals surface area contributed by atoms with E-state index in [4.69, 9.17) is 16.3 Å². The van der Waals surface area contributed by atoms with Gasteiger partial charge < -0.3 is 4.74 Å². The Labute approximate surface area is 135 Å². The van der Waals surface area contributed by atoms with Gasteiger partial charge in [-0.1, -0.05) is 25.0 Å². The first kappa shape index (κ1) is 15.0. The van der Waals surface area contributed by atoms with Crippen LogP contribution in [0.5, 0.6) is 0 Å². The van der Waals surface area contributed by atoms with Crippen molar-refractivity contribution in [3.05, 3.63) is 40.4 Å². The van der Waals surface area contributed by atoms with E-state index in [0.717, 1.165) is 17.3 Å². The summed E-state index contributed by atoms with van der Waals surface area (Å²) in [6.07, 6.45) is 5.54. The zero-order chi connectivity index (χ0) is 14.7. The van der Waals surface area contributed by atoms with E-state index in [-0.39, 0.29) is 0 Å². The van der Waals surface area contributed by atoms with Gasteiger partial charge in [0, 0.05) is 10.9 Å². The van der Waals surface area contributed by atoms with Crippen molar-refractivity contribution in [3.8, 4) is 10.6 Å². The molecule has 0 spiro atoms. The first-order chi connectivity index (χ1) is 10.3. The first-order valence-electron chi connectivity index (χ1n) is 7.48. The van der Waals surface area contributed by atoms with Gasteiger partial charge in [0.25, 0.3) is 0 Å². The van der Waals surface area contributed by atoms with Crippen molar-refractivity contribution in [2.75, 3.05) is 0 Å². The van der Waals surface area contributed by atoms with Gasteiger partial charge in [-0.2, -0.15) is 0 Å². The zero-order valence-electron chi connectivity index (χ0n) is 12.3. The van der Waals surface area contributed by atoms with E-state index < -0.39 is 0 Å². The summed E-state index contributed by atoms with van der Waals surface area (Å²) in [5.41, 5.74) is 4.66. The van der Waals surface area contributed by atoms with Gasteiger partial charge in [-0.25, -0.2) is 4.98 Å². The molecule has 1 aliphatic rings. The van der Waals surface area contributed by atoms with E-state index in [1.54, 1.807) is 11.3 Å². The number of nitrogens with zero attached hydrogens (tertiary/aromatic N) is 1. The fraction of sp³-hybridized carbons (Fsp3) is 0.471. The maximum Gasteiger partial charge on any atom is 0.123 e. The van der Waals surface area contributed by atoms with Crippen LogP contribution in [0.4, 0.5) is 0 Å². The first-order valence-corrected chi connectivity index (χ1v) is 8.89. The Kier molecular flexibility index (Phi) is 4.94. The number of halogens is 1. The quantitative estimate of drug-likeness (QED) is 0.696. The highest BCUT2D eigenvalue weighted by molar-refractivity contribution is 7.13. The van der Waals surface area contributed by atoms with Gasteiger partial charge in [0.05, 0.1) is 24.3 Å². The Morgan fingerprint density at radius 1 is 1.33 bits per heavy atom. The van der Waals surface area contributed by atoms with Gasteiger partial charge >= 0.3 is 0 Å². The number of aryl methyl sites for hydroxylation is 1. The topological polar surface area (TPSA) is 22.1 Å². The molecule has 1 heterocycles. The largest absolute Gasteiger partial charge is 0.374 e. The Morgan fingerprint density at radius 2 is 2.14 bits per heavy atom. The van der Waals surface area contributed by atoms with E-state index in [1.165, 1.54) is 42.4 Å². The Hall–Kier alpha value is -0.900. The van der Waals surface area contributed by atoms with Crippen LogP contribution in [0.3, 0.4) is 0 Å². The molecule has 4 heteroatoms. The van der Waals surface area contributed by atoms with Gasteiger partial charge in [-0.05, 0) is 37.0 Å². The molecule has 0 amide bonds. The van der Waals surface area contributed by atoms with Crippen LogP contribution in [0.15, 0.2) is 23.6 Å². The zero-order valence-corrected chi connectivity index (χ0v) is 13.8. The van der Waals surface area contributed by atoms with Crippen LogP contribution in [-0.2, 0) is 17.2 Å². The second-order valence-electron chi connectivity index (χ2n) is 5.64. The van der Waals surface area contributed by atoms with Crippen LogP contribution in [0, 0.1) is 6.92 Å². The molecule has 1 aliphatic carbocycles. The lowest BCUT2D eigenvalue weighted by atomic mass is 10.1. The molecule has 0 saturated heterocycles. The summed E-state index contributed by atoms with van der Waals surface area (Å²) in [4.78, 5) is 4.53. The fourth-order valence-electron chi connectivity index (χ4n) is 2.75. The molecule has 0 aliphatic heterocycles. The molecule has 21 heavy (non-hydrogen) atoms. The minimum absolute atomic E-state index is 0.467. The van der Waals surface area contributed by atoms with Gasteiger partial charge in [0.15, 0.2) is 0 Å². The van der Waals surface area contributed by atoms with E-state index in [1.807, 2.05) is 5.38 Å². The third-order valence-electron chi connectivity index (χ3n) is 4.05. The van der Waals surface area contributed by atoms with E-state index in [2.05, 4.69) is 30.1 Å². The van der Waals surface area contributed by atoms with Crippen molar-refractivity contribution in [1.29, 1.82) is 0 Å². The van der Waals surface area contributed by atoms with Crippen LogP contribution < -0.4 is 0 Å². The average molecular weight is 322 g/mol. The summed E-state index contributed by atoms with van der Waals surface area (Å²) in [5, 5.41) is 3.06. The molecular weight excluding hydrogens is 302 g/mol. The fourth-order valence-corrected chi connectivity index (χ4v) is 3.80. The maximum atomic E-state index is 6.01. The highest BCUT2D eigenvalue weighted by Gasteiger charge is 2.15. The number of ether oxygens (including phenoxy) is 1. The van der Waals surface area contributed by atoms with Crippen LogP contribution in [0.2, 0.25) is 0 Å². The van der Waals surface area contributed by atoms with E-state index in [9.17, 15) is 0 Å². The van der Waals surface area contributed by atoms with Crippen molar-refractivity contribution in [1.82, 2.24) is 4.98 Å². The van der Waals surface area contributed by atoms with Crippen LogP contribution in [-0.4, -0.2) is 11.1 Å². The van der Waals surface area contributed by atoms with Crippen molar-refractivity contribution in [2.24, 2.45) is 0 Å². The highest BCUT2D eigenvalue weighted by atomic mass is 35.5. The molecule has 2 nitrogen and oxygen atoms in total. The van der Waals surface area contributed by atoms with Gasteiger partial charge in [-0.3, -0.25) is 0 Å². The molecule has 3 rings (SSSR count). The summed E-state index contributed by atoms with van der Waals surface area (Å²) in [6, 6.07) is 6.50. The normalized spacial score (nSPS) is 15.7. The molecule has 1 fully saturated rings. The molecule has 1 aromatic heterocycles. The Bertz CT molecular complexity index is 605. The summed E-state index contributed by atoms with van der Waals surface area (Å²) >= 11 is 7.46. The third-order valence-corrected chi connectivity index (χ3v) is 5.27. The second-order valence-corrected chi connectivity index (χ2v) is 6.76. The lowest BCUT2D eigenvalue weighted by Crippen LogP contribution is -2.07. The van der Waals surface area contributed by atoms with Crippen LogP contribution >= 0.6 is 22.9 Å². The van der Waals surface area contributed by atoms with Crippen molar-refractivity contribution >= 4 is 22.9 Å². The molecule has 1 aromatic carbocycles. The molecule has 0 bridgehead atoms. The van der Waals surface area contributed by atoms with E-state index >= 15 is 0 Å². The lowest BCUT2D eigenvalue weighted by Gasteiger charge is -2.13. The Balaban J connectivity index is 1.69. The number of rotatable bonds is 5. The highest BCUT2D eigenvalue weighted by Crippen LogP contribution is 2.27. The van der Waals surface area contributed by atoms with Crippen molar-refractivity contribution in [2.45, 2.75) is 51.2 Å². The van der Waals surface area contributed by atoms with Crippen molar-refractivity contribution < 1.29 is 4.74 Å². The van der Waals surface area contributed by atoms with E-state index in [0.29, 0.717) is 12.0 Å². The molecule has 0 unspecified atom stereocenters. The van der Waals surface area contributed by atoms with Crippen LogP contribution in [0.25, 0.3) is 10.6 Å². The maximum absolute atomic E-state index is 6.01. The third kappa shape index (κ3) is 3.65. The summed E-state index contributed by atoms with van der Waals surface area (Å²) < 4.78 is 6.01.